The molecule has 2 nitrogen and oxygen atoms in total. The first-order valence-electron chi connectivity index (χ1n) is 6.24. The fourth-order valence-corrected chi connectivity index (χ4v) is 1.78. The molecular formula is C14H24N2. The molecule has 0 bridgehead atoms. The summed E-state index contributed by atoms with van der Waals surface area (Å²) in [7, 11) is 0. The molecule has 16 heavy (non-hydrogen) atoms. The molecule has 1 aromatic heterocycles. The van der Waals surface area contributed by atoms with Gasteiger partial charge in [-0.05, 0) is 38.4 Å². The van der Waals surface area contributed by atoms with Gasteiger partial charge in [-0.25, -0.2) is 0 Å². The molecule has 0 aliphatic carbocycles. The molecule has 0 aliphatic rings. The molecule has 0 saturated heterocycles. The lowest BCUT2D eigenvalue weighted by molar-refractivity contribution is 0.222. The minimum atomic E-state index is 0.508. The largest absolute Gasteiger partial charge is 0.295 e. The minimum absolute atomic E-state index is 0.508. The molecule has 0 aliphatic heterocycles. The van der Waals surface area contributed by atoms with E-state index in [1.165, 1.54) is 11.4 Å². The molecule has 1 rings (SSSR count). The normalized spacial score (nSPS) is 11.8. The van der Waals surface area contributed by atoms with Crippen molar-refractivity contribution in [1.29, 1.82) is 0 Å². The molecule has 0 saturated carbocycles. The zero-order chi connectivity index (χ0) is 12.1. The van der Waals surface area contributed by atoms with E-state index >= 15 is 0 Å². The first-order valence-corrected chi connectivity index (χ1v) is 6.24. The molecule has 0 radical (unpaired) electrons. The summed E-state index contributed by atoms with van der Waals surface area (Å²) in [4.78, 5) is 7.12. The molecule has 0 fully saturated rings. The average Bonchev–Trinajstić information content (AvgIpc) is 2.25. The van der Waals surface area contributed by atoms with Crippen molar-refractivity contribution in [2.24, 2.45) is 0 Å². The van der Waals surface area contributed by atoms with Crippen LogP contribution in [0.15, 0.2) is 18.2 Å². The van der Waals surface area contributed by atoms with Gasteiger partial charge in [0.2, 0.25) is 0 Å². The average molecular weight is 220 g/mol. The van der Waals surface area contributed by atoms with Crippen LogP contribution < -0.4 is 0 Å². The van der Waals surface area contributed by atoms with Gasteiger partial charge in [-0.1, -0.05) is 26.8 Å². The van der Waals surface area contributed by atoms with Gasteiger partial charge in [0.15, 0.2) is 0 Å². The second-order valence-corrected chi connectivity index (χ2v) is 4.87. The topological polar surface area (TPSA) is 16.1 Å². The predicted molar refractivity (Wildman–Crippen MR) is 69.5 cm³/mol. The van der Waals surface area contributed by atoms with Crippen LogP contribution in [0.1, 0.15) is 51.9 Å². The lowest BCUT2D eigenvalue weighted by Crippen LogP contribution is -2.30. The summed E-state index contributed by atoms with van der Waals surface area (Å²) in [5, 5.41) is 0. The van der Waals surface area contributed by atoms with Crippen molar-refractivity contribution in [2.45, 2.75) is 53.1 Å². The summed E-state index contributed by atoms with van der Waals surface area (Å²) in [6, 6.07) is 6.93. The highest BCUT2D eigenvalue weighted by Crippen LogP contribution is 2.13. The van der Waals surface area contributed by atoms with E-state index in [9.17, 15) is 0 Å². The molecule has 0 N–H and O–H groups in total. The van der Waals surface area contributed by atoms with E-state index in [-0.39, 0.29) is 0 Å². The van der Waals surface area contributed by atoms with Crippen LogP contribution in [0.2, 0.25) is 0 Å². The van der Waals surface area contributed by atoms with Crippen molar-refractivity contribution in [3.8, 4) is 0 Å². The smallest absolute Gasteiger partial charge is 0.0547 e. The Labute approximate surface area is 99.7 Å². The quantitative estimate of drug-likeness (QED) is 0.755. The maximum atomic E-state index is 4.70. The third kappa shape index (κ3) is 3.60. The molecule has 2 heteroatoms. The van der Waals surface area contributed by atoms with Crippen molar-refractivity contribution in [2.75, 3.05) is 6.54 Å². The second kappa shape index (κ2) is 6.00. The predicted octanol–water partition coefficient (Wildman–Crippen LogP) is 3.44. The Morgan fingerprint density at radius 3 is 2.38 bits per heavy atom. The number of rotatable bonds is 5. The van der Waals surface area contributed by atoms with Gasteiger partial charge in [0.25, 0.3) is 0 Å². The van der Waals surface area contributed by atoms with Crippen molar-refractivity contribution in [3.63, 3.8) is 0 Å². The van der Waals surface area contributed by atoms with E-state index in [0.29, 0.717) is 12.0 Å². The summed E-state index contributed by atoms with van der Waals surface area (Å²) < 4.78 is 0. The number of pyridine rings is 1. The Kier molecular flexibility index (Phi) is 4.94. The van der Waals surface area contributed by atoms with Crippen molar-refractivity contribution in [3.05, 3.63) is 29.6 Å². The van der Waals surface area contributed by atoms with Crippen LogP contribution in [0.4, 0.5) is 0 Å². The standard InChI is InChI=1S/C14H24N2/c1-6-16(12(4)5)10-13-8-7-9-14(15-13)11(2)3/h7-9,11-12H,6,10H2,1-5H3. The van der Waals surface area contributed by atoms with E-state index in [1.807, 2.05) is 0 Å². The van der Waals surface area contributed by atoms with E-state index < -0.39 is 0 Å². The number of nitrogens with zero attached hydrogens (tertiary/aromatic N) is 2. The van der Waals surface area contributed by atoms with Gasteiger partial charge in [-0.3, -0.25) is 9.88 Å². The van der Waals surface area contributed by atoms with Crippen LogP contribution >= 0.6 is 0 Å². The number of hydrogen-bond acceptors (Lipinski definition) is 2. The second-order valence-electron chi connectivity index (χ2n) is 4.87. The lowest BCUT2D eigenvalue weighted by atomic mass is 10.1. The Balaban J connectivity index is 2.76. The van der Waals surface area contributed by atoms with Crippen LogP contribution in [-0.2, 0) is 6.54 Å². The monoisotopic (exact) mass is 220 g/mol. The highest BCUT2D eigenvalue weighted by Gasteiger charge is 2.09. The van der Waals surface area contributed by atoms with Crippen LogP contribution in [0.5, 0.6) is 0 Å². The third-order valence-electron chi connectivity index (χ3n) is 2.92. The number of hydrogen-bond donors (Lipinski definition) is 0. The number of aromatic nitrogens is 1. The lowest BCUT2D eigenvalue weighted by Gasteiger charge is -2.24. The SMILES string of the molecule is CCN(Cc1cccc(C(C)C)n1)C(C)C. The molecular weight excluding hydrogens is 196 g/mol. The summed E-state index contributed by atoms with van der Waals surface area (Å²) in [5.41, 5.74) is 2.37. The Bertz CT molecular complexity index is 318. The Morgan fingerprint density at radius 2 is 1.88 bits per heavy atom. The van der Waals surface area contributed by atoms with Gasteiger partial charge < -0.3 is 0 Å². The molecule has 0 atom stereocenters. The zero-order valence-electron chi connectivity index (χ0n) is 11.2. The van der Waals surface area contributed by atoms with Gasteiger partial charge in [-0.2, -0.15) is 0 Å². The van der Waals surface area contributed by atoms with E-state index in [1.54, 1.807) is 0 Å². The Morgan fingerprint density at radius 1 is 1.19 bits per heavy atom. The summed E-state index contributed by atoms with van der Waals surface area (Å²) in [6.45, 7) is 13.1. The molecule has 0 spiro atoms. The summed E-state index contributed by atoms with van der Waals surface area (Å²) in [5.74, 6) is 0.508. The summed E-state index contributed by atoms with van der Waals surface area (Å²) >= 11 is 0. The van der Waals surface area contributed by atoms with Crippen LogP contribution in [-0.4, -0.2) is 22.5 Å². The van der Waals surface area contributed by atoms with Crippen molar-refractivity contribution >= 4 is 0 Å². The molecule has 0 aromatic carbocycles. The maximum absolute atomic E-state index is 4.70. The summed E-state index contributed by atoms with van der Waals surface area (Å²) in [6.07, 6.45) is 0. The fourth-order valence-electron chi connectivity index (χ4n) is 1.78. The zero-order valence-corrected chi connectivity index (χ0v) is 11.2. The third-order valence-corrected chi connectivity index (χ3v) is 2.92. The van der Waals surface area contributed by atoms with Gasteiger partial charge >= 0.3 is 0 Å². The maximum Gasteiger partial charge on any atom is 0.0547 e. The highest BCUT2D eigenvalue weighted by molar-refractivity contribution is 5.13. The first-order chi connectivity index (χ1) is 7.54. The fraction of sp³-hybridized carbons (Fsp3) is 0.643. The van der Waals surface area contributed by atoms with Gasteiger partial charge in [0.1, 0.15) is 0 Å². The van der Waals surface area contributed by atoms with E-state index in [2.05, 4.69) is 57.7 Å². The van der Waals surface area contributed by atoms with Crippen molar-refractivity contribution < 1.29 is 0 Å². The molecule has 0 amide bonds. The molecule has 1 heterocycles. The highest BCUT2D eigenvalue weighted by atomic mass is 15.1. The Hall–Kier alpha value is -0.890. The molecule has 90 valence electrons. The van der Waals surface area contributed by atoms with Crippen LogP contribution in [0.3, 0.4) is 0 Å². The van der Waals surface area contributed by atoms with Crippen LogP contribution in [0, 0.1) is 0 Å². The van der Waals surface area contributed by atoms with E-state index in [0.717, 1.165) is 13.1 Å². The molecule has 0 unspecified atom stereocenters. The molecule has 1 aromatic rings. The van der Waals surface area contributed by atoms with Gasteiger partial charge in [0, 0.05) is 18.3 Å². The van der Waals surface area contributed by atoms with Crippen LogP contribution in [0.25, 0.3) is 0 Å². The van der Waals surface area contributed by atoms with Gasteiger partial charge in [0.05, 0.1) is 5.69 Å². The van der Waals surface area contributed by atoms with Crippen molar-refractivity contribution in [1.82, 2.24) is 9.88 Å². The first kappa shape index (κ1) is 13.2. The van der Waals surface area contributed by atoms with Gasteiger partial charge in [-0.15, -0.1) is 0 Å². The van der Waals surface area contributed by atoms with E-state index in [4.69, 9.17) is 4.98 Å². The minimum Gasteiger partial charge on any atom is -0.295 e.